The zero-order valence-electron chi connectivity index (χ0n) is 39.2. The number of cyclic esters (lactones) is 1. The monoisotopic (exact) mass is 884 g/mol. The number of amides is 3. The van der Waals surface area contributed by atoms with Crippen LogP contribution in [-0.2, 0) is 46.4 Å². The lowest BCUT2D eigenvalue weighted by Crippen LogP contribution is -2.67. The molecule has 4 aliphatic heterocycles. The Bertz CT molecular complexity index is 2580. The third-order valence-electron chi connectivity index (χ3n) is 15.5. The second-order valence-corrected chi connectivity index (χ2v) is 20.5. The third kappa shape index (κ3) is 7.38. The molecule has 3 fully saturated rings. The summed E-state index contributed by atoms with van der Waals surface area (Å²) in [5, 5.41) is 5.90. The molecule has 65 heavy (non-hydrogen) atoms. The molecule has 3 saturated heterocycles. The normalized spacial score (nSPS) is 26.8. The summed E-state index contributed by atoms with van der Waals surface area (Å²) in [7, 11) is 1.73. The number of carbonyl (C=O) groups excluding carboxylic acids is 4. The van der Waals surface area contributed by atoms with Crippen molar-refractivity contribution < 1.29 is 33.4 Å². The largest absolute Gasteiger partial charge is 0.464 e. The van der Waals surface area contributed by atoms with Crippen LogP contribution in [0.15, 0.2) is 73.4 Å². The molecule has 13 nitrogen and oxygen atoms in total. The molecular weight excluding hydrogens is 821 g/mol. The van der Waals surface area contributed by atoms with E-state index in [1.807, 2.05) is 45.2 Å². The number of pyridine rings is 1. The molecule has 9 rings (SSSR count). The Kier molecular flexibility index (Phi) is 11.4. The molecule has 1 spiro atoms. The van der Waals surface area contributed by atoms with Gasteiger partial charge in [0, 0.05) is 60.6 Å². The highest BCUT2D eigenvalue weighted by atomic mass is 16.5. The lowest BCUT2D eigenvalue weighted by atomic mass is 9.67. The average Bonchev–Trinajstić information content (AvgIpc) is 3.89. The van der Waals surface area contributed by atoms with Gasteiger partial charge in [-0.05, 0) is 105 Å². The first-order valence-electron chi connectivity index (χ1n) is 23.4. The number of fused-ring (bicyclic) bond motifs is 8. The number of rotatable bonds is 7. The molecular formula is C52H64N6O7. The van der Waals surface area contributed by atoms with Crippen LogP contribution in [0.25, 0.3) is 33.3 Å². The van der Waals surface area contributed by atoms with Gasteiger partial charge in [0.25, 0.3) is 5.91 Å². The Balaban J connectivity index is 1.13. The number of nitrogens with zero attached hydrogens (tertiary/aromatic N) is 4. The number of nitrogens with one attached hydrogen (secondary N) is 2. The molecule has 4 aromatic rings. The number of benzene rings is 2. The third-order valence-corrected chi connectivity index (χ3v) is 15.5. The van der Waals surface area contributed by atoms with Gasteiger partial charge in [0.2, 0.25) is 11.8 Å². The number of aryl methyl sites for hydroxylation is 1. The number of aromatic nitrogens is 2. The number of methoxy groups -OCH3 is 1. The number of ether oxygens (including phenoxy) is 3. The minimum absolute atomic E-state index is 0.0965. The minimum Gasteiger partial charge on any atom is -0.464 e. The quantitative estimate of drug-likeness (QED) is 0.145. The van der Waals surface area contributed by atoms with E-state index in [9.17, 15) is 9.59 Å². The van der Waals surface area contributed by atoms with Gasteiger partial charge >= 0.3 is 5.97 Å². The van der Waals surface area contributed by atoms with Crippen molar-refractivity contribution in [2.75, 3.05) is 33.4 Å². The standard InChI is InChI=1S/C52H64N6O7/c1-10-40(59)56-28-52(29-56)22-21-39(65-52)51(8,31(3)4)47(61)54-50(7)27-32-15-12-16-33(25-32)34-19-20-38-36(26-34)41-42(45(63-9)43-35(17-13-23-53-43)44(41)57(38)11-2)49(5,6)30-64-46(60)37-18-14-24-58(55-37)48(50)62/h10,12-13,15-17,19-20,23,25-26,31,37,39,42,45,55H,1,11,14,18,21-22,24,27-30H2,2-9H3,(H,54,61)/t37-,39-,42?,45-,50?,51-/m0/s1. The van der Waals surface area contributed by atoms with Crippen molar-refractivity contribution in [3.8, 4) is 22.4 Å². The molecule has 0 radical (unpaired) electrons. The van der Waals surface area contributed by atoms with E-state index in [1.165, 1.54) is 11.1 Å². The van der Waals surface area contributed by atoms with E-state index < -0.39 is 46.2 Å². The van der Waals surface area contributed by atoms with Crippen LogP contribution in [0.5, 0.6) is 0 Å². The molecule has 1 aliphatic carbocycles. The summed E-state index contributed by atoms with van der Waals surface area (Å²) in [5.41, 5.74) is 7.72. The lowest BCUT2D eigenvalue weighted by Gasteiger charge is -2.49. The Morgan fingerprint density at radius 1 is 1.08 bits per heavy atom. The first-order valence-corrected chi connectivity index (χ1v) is 23.4. The topological polar surface area (TPSA) is 144 Å². The van der Waals surface area contributed by atoms with Crippen LogP contribution in [0, 0.1) is 16.7 Å². The van der Waals surface area contributed by atoms with Gasteiger partial charge in [-0.25, -0.2) is 5.43 Å². The van der Waals surface area contributed by atoms with Gasteiger partial charge < -0.3 is 29.0 Å². The van der Waals surface area contributed by atoms with Gasteiger partial charge in [-0.3, -0.25) is 29.2 Å². The number of hydrogen-bond acceptors (Lipinski definition) is 9. The van der Waals surface area contributed by atoms with Gasteiger partial charge in [0.15, 0.2) is 0 Å². The Morgan fingerprint density at radius 2 is 1.85 bits per heavy atom. The van der Waals surface area contributed by atoms with Crippen molar-refractivity contribution in [3.63, 3.8) is 0 Å². The lowest BCUT2D eigenvalue weighted by molar-refractivity contribution is -0.181. The van der Waals surface area contributed by atoms with Crippen LogP contribution in [0.1, 0.15) is 103 Å². The van der Waals surface area contributed by atoms with Gasteiger partial charge in [0.05, 0.1) is 42.6 Å². The summed E-state index contributed by atoms with van der Waals surface area (Å²) in [6.45, 7) is 19.9. The van der Waals surface area contributed by atoms with E-state index in [-0.39, 0.29) is 42.6 Å². The van der Waals surface area contributed by atoms with Crippen LogP contribution in [-0.4, -0.2) is 99.8 Å². The zero-order chi connectivity index (χ0) is 46.2. The molecule has 6 heterocycles. The summed E-state index contributed by atoms with van der Waals surface area (Å²) in [4.78, 5) is 63.4. The van der Waals surface area contributed by atoms with E-state index in [2.05, 4.69) is 79.1 Å². The summed E-state index contributed by atoms with van der Waals surface area (Å²) in [6.07, 6.45) is 4.87. The highest BCUT2D eigenvalue weighted by Crippen LogP contribution is 2.57. The predicted octanol–water partition coefficient (Wildman–Crippen LogP) is 7.28. The molecule has 2 aromatic heterocycles. The fourth-order valence-corrected chi connectivity index (χ4v) is 11.6. The predicted molar refractivity (Wildman–Crippen MR) is 248 cm³/mol. The molecule has 2 unspecified atom stereocenters. The van der Waals surface area contributed by atoms with E-state index in [0.717, 1.165) is 63.1 Å². The minimum atomic E-state index is -1.44. The SMILES string of the molecule is C=CC(=O)N1CC2(CC[C@@H]([C@@](C)(C(=O)NC3(C)Cc4cccc(c4)-c4ccc5c(c4)c4c(n5CC)-c5cccnc5[C@@H](OC)C4C(C)(C)COC(=O)[C@@H]4CCCN(N4)C3=O)C(C)C)O2)C1. The van der Waals surface area contributed by atoms with Gasteiger partial charge in [0.1, 0.15) is 23.3 Å². The van der Waals surface area contributed by atoms with Gasteiger partial charge in [-0.1, -0.05) is 64.6 Å². The Labute approximate surface area is 382 Å². The smallest absolute Gasteiger partial charge is 0.324 e. The molecule has 6 atom stereocenters. The van der Waals surface area contributed by atoms with Crippen LogP contribution in [0.2, 0.25) is 0 Å². The maximum absolute atomic E-state index is 15.2. The first kappa shape index (κ1) is 44.8. The molecule has 3 amide bonds. The second-order valence-electron chi connectivity index (χ2n) is 20.5. The van der Waals surface area contributed by atoms with E-state index in [4.69, 9.17) is 19.2 Å². The first-order chi connectivity index (χ1) is 31.0. The van der Waals surface area contributed by atoms with Crippen molar-refractivity contribution in [1.82, 2.24) is 30.2 Å². The van der Waals surface area contributed by atoms with Crippen molar-refractivity contribution in [1.29, 1.82) is 0 Å². The van der Waals surface area contributed by atoms with Crippen molar-refractivity contribution in [3.05, 3.63) is 90.3 Å². The Hall–Kier alpha value is -5.37. The van der Waals surface area contributed by atoms with Gasteiger partial charge in [-0.2, -0.15) is 0 Å². The highest BCUT2D eigenvalue weighted by Gasteiger charge is 2.58. The van der Waals surface area contributed by atoms with Gasteiger partial charge in [-0.15, -0.1) is 0 Å². The summed E-state index contributed by atoms with van der Waals surface area (Å²) in [6, 6.07) is 18.1. The molecule has 6 bridgehead atoms. The average molecular weight is 885 g/mol. The van der Waals surface area contributed by atoms with Crippen molar-refractivity contribution >= 4 is 34.6 Å². The second kappa shape index (κ2) is 16.5. The molecule has 5 aliphatic rings. The van der Waals surface area contributed by atoms with Crippen molar-refractivity contribution in [2.45, 2.75) is 122 Å². The summed E-state index contributed by atoms with van der Waals surface area (Å²) in [5.74, 6) is -1.60. The number of esters is 1. The van der Waals surface area contributed by atoms with Crippen LogP contribution in [0.4, 0.5) is 0 Å². The van der Waals surface area contributed by atoms with Crippen LogP contribution >= 0.6 is 0 Å². The summed E-state index contributed by atoms with van der Waals surface area (Å²) >= 11 is 0. The molecule has 2 aromatic carbocycles. The Morgan fingerprint density at radius 3 is 2.57 bits per heavy atom. The molecule has 13 heteroatoms. The zero-order valence-corrected chi connectivity index (χ0v) is 39.2. The molecule has 2 N–H and O–H groups in total. The van der Waals surface area contributed by atoms with Crippen LogP contribution in [0.3, 0.4) is 0 Å². The van der Waals surface area contributed by atoms with E-state index in [0.29, 0.717) is 38.9 Å². The molecule has 0 saturated carbocycles. The maximum atomic E-state index is 15.2. The van der Waals surface area contributed by atoms with E-state index in [1.54, 1.807) is 18.9 Å². The van der Waals surface area contributed by atoms with Crippen LogP contribution < -0.4 is 10.7 Å². The van der Waals surface area contributed by atoms with Crippen molar-refractivity contribution in [2.24, 2.45) is 16.7 Å². The summed E-state index contributed by atoms with van der Waals surface area (Å²) < 4.78 is 21.8. The highest BCUT2D eigenvalue weighted by molar-refractivity contribution is 5.97. The van der Waals surface area contributed by atoms with E-state index >= 15 is 9.59 Å². The number of hydrogen-bond donors (Lipinski definition) is 2. The number of likely N-dealkylation sites (tertiary alicyclic amines) is 1. The number of carbonyl (C=O) groups is 4. The number of hydrazine groups is 1. The fraction of sp³-hybridized carbons (Fsp3) is 0.519. The molecule has 344 valence electrons. The fourth-order valence-electron chi connectivity index (χ4n) is 11.6. The maximum Gasteiger partial charge on any atom is 0.324 e.